The minimum atomic E-state index is -0.169. The first kappa shape index (κ1) is 23.6. The fourth-order valence-corrected chi connectivity index (χ4v) is 4.05. The van der Waals surface area contributed by atoms with Crippen LogP contribution in [0.5, 0.6) is 0 Å². The SMILES string of the molecule is CCCCCC(=N)n1c(C(=O)N(C)C)cc2cnc(Nc3ccc(N4CCNCC4)cn3)nc21. The van der Waals surface area contributed by atoms with Gasteiger partial charge in [-0.1, -0.05) is 19.8 Å². The summed E-state index contributed by atoms with van der Waals surface area (Å²) in [6, 6.07) is 5.72. The van der Waals surface area contributed by atoms with E-state index >= 15 is 0 Å². The molecule has 10 heteroatoms. The number of pyridine rings is 1. The maximum absolute atomic E-state index is 12.8. The molecule has 0 spiro atoms. The standard InChI is InChI=1S/C24H33N9O/c1-4-5-6-7-20(25)33-19(23(34)31(2)3)14-17-15-28-24(30-22(17)33)29-21-9-8-18(16-27-21)32-12-10-26-11-13-32/h8-9,14-16,25-26H,4-7,10-13H2,1-3H3,(H,27,28,29,30). The molecule has 1 fully saturated rings. The highest BCUT2D eigenvalue weighted by molar-refractivity contribution is 6.04. The van der Waals surface area contributed by atoms with Gasteiger partial charge in [-0.2, -0.15) is 4.98 Å². The third kappa shape index (κ3) is 5.17. The summed E-state index contributed by atoms with van der Waals surface area (Å²) in [6.45, 7) is 6.00. The molecular weight excluding hydrogens is 430 g/mol. The molecule has 0 radical (unpaired) electrons. The Morgan fingerprint density at radius 2 is 1.97 bits per heavy atom. The Bertz CT molecular complexity index is 1150. The predicted molar refractivity (Wildman–Crippen MR) is 135 cm³/mol. The Balaban J connectivity index is 1.61. The van der Waals surface area contributed by atoms with Gasteiger partial charge in [-0.05, 0) is 24.6 Å². The number of nitrogens with zero attached hydrogens (tertiary/aromatic N) is 6. The van der Waals surface area contributed by atoms with Crippen molar-refractivity contribution in [2.45, 2.75) is 32.6 Å². The van der Waals surface area contributed by atoms with Crippen molar-refractivity contribution in [2.24, 2.45) is 0 Å². The van der Waals surface area contributed by atoms with Crippen molar-refractivity contribution in [2.75, 3.05) is 50.5 Å². The number of unbranched alkanes of at least 4 members (excludes halogenated alkanes) is 2. The van der Waals surface area contributed by atoms with Crippen molar-refractivity contribution in [1.82, 2.24) is 29.7 Å². The summed E-state index contributed by atoms with van der Waals surface area (Å²) >= 11 is 0. The molecule has 1 amide bonds. The van der Waals surface area contributed by atoms with Crippen LogP contribution < -0.4 is 15.5 Å². The molecule has 34 heavy (non-hydrogen) atoms. The quantitative estimate of drug-likeness (QED) is 0.267. The van der Waals surface area contributed by atoms with Crippen molar-refractivity contribution in [3.8, 4) is 0 Å². The van der Waals surface area contributed by atoms with Crippen molar-refractivity contribution < 1.29 is 4.79 Å². The molecule has 0 saturated carbocycles. The topological polar surface area (TPSA) is 115 Å². The van der Waals surface area contributed by atoms with Gasteiger partial charge in [0.25, 0.3) is 5.91 Å². The number of piperazine rings is 1. The second-order valence-electron chi connectivity index (χ2n) is 8.70. The van der Waals surface area contributed by atoms with Crippen LogP contribution in [0.2, 0.25) is 0 Å². The lowest BCUT2D eigenvalue weighted by molar-refractivity contribution is 0.0820. The number of carbonyl (C=O) groups excluding carboxylic acids is 1. The Morgan fingerprint density at radius 3 is 2.65 bits per heavy atom. The zero-order valence-corrected chi connectivity index (χ0v) is 20.1. The number of carbonyl (C=O) groups is 1. The van der Waals surface area contributed by atoms with E-state index in [0.29, 0.717) is 35.4 Å². The maximum atomic E-state index is 12.8. The van der Waals surface area contributed by atoms with Crippen LogP contribution in [0.15, 0.2) is 30.6 Å². The molecule has 10 nitrogen and oxygen atoms in total. The van der Waals surface area contributed by atoms with Gasteiger partial charge in [0.1, 0.15) is 17.3 Å². The van der Waals surface area contributed by atoms with Gasteiger partial charge >= 0.3 is 0 Å². The highest BCUT2D eigenvalue weighted by Crippen LogP contribution is 2.23. The normalized spacial score (nSPS) is 13.8. The van der Waals surface area contributed by atoms with Gasteiger partial charge in [0.15, 0.2) is 5.65 Å². The highest BCUT2D eigenvalue weighted by Gasteiger charge is 2.21. The van der Waals surface area contributed by atoms with Gasteiger partial charge in [-0.3, -0.25) is 14.8 Å². The minimum absolute atomic E-state index is 0.169. The fraction of sp³-hybridized carbons (Fsp3) is 0.458. The van der Waals surface area contributed by atoms with Crippen LogP contribution in [0.1, 0.15) is 43.1 Å². The molecule has 1 aliphatic rings. The van der Waals surface area contributed by atoms with Gasteiger partial charge in [0.05, 0.1) is 11.9 Å². The summed E-state index contributed by atoms with van der Waals surface area (Å²) in [5, 5.41) is 15.9. The molecule has 180 valence electrons. The molecule has 1 saturated heterocycles. The molecule has 0 aromatic carbocycles. The van der Waals surface area contributed by atoms with Crippen LogP contribution >= 0.6 is 0 Å². The summed E-state index contributed by atoms with van der Waals surface area (Å²) in [5.74, 6) is 1.20. The van der Waals surface area contributed by atoms with E-state index in [2.05, 4.69) is 37.4 Å². The van der Waals surface area contributed by atoms with Crippen LogP contribution in [0.4, 0.5) is 17.5 Å². The maximum Gasteiger partial charge on any atom is 0.270 e. The number of hydrogen-bond donors (Lipinski definition) is 3. The lowest BCUT2D eigenvalue weighted by Crippen LogP contribution is -2.43. The number of rotatable bonds is 8. The van der Waals surface area contributed by atoms with E-state index in [1.54, 1.807) is 30.9 Å². The molecule has 0 bridgehead atoms. The van der Waals surface area contributed by atoms with Gasteiger partial charge in [-0.15, -0.1) is 0 Å². The van der Waals surface area contributed by atoms with E-state index in [4.69, 9.17) is 5.41 Å². The zero-order valence-electron chi connectivity index (χ0n) is 20.1. The first-order valence-corrected chi connectivity index (χ1v) is 11.8. The van der Waals surface area contributed by atoms with E-state index in [0.717, 1.165) is 56.5 Å². The number of fused-ring (bicyclic) bond motifs is 1. The van der Waals surface area contributed by atoms with Gasteiger partial charge in [0, 0.05) is 58.3 Å². The van der Waals surface area contributed by atoms with Gasteiger partial charge < -0.3 is 20.4 Å². The number of amides is 1. The van der Waals surface area contributed by atoms with E-state index in [1.165, 1.54) is 4.90 Å². The van der Waals surface area contributed by atoms with E-state index in [9.17, 15) is 4.79 Å². The second-order valence-corrected chi connectivity index (χ2v) is 8.70. The van der Waals surface area contributed by atoms with Gasteiger partial charge in [-0.25, -0.2) is 9.97 Å². The third-order valence-electron chi connectivity index (χ3n) is 5.92. The van der Waals surface area contributed by atoms with E-state index < -0.39 is 0 Å². The van der Waals surface area contributed by atoms with Crippen molar-refractivity contribution in [1.29, 1.82) is 5.41 Å². The Kier molecular flexibility index (Phi) is 7.36. The molecule has 3 aromatic rings. The van der Waals surface area contributed by atoms with Crippen molar-refractivity contribution in [3.63, 3.8) is 0 Å². The first-order chi connectivity index (χ1) is 16.5. The monoisotopic (exact) mass is 463 g/mol. The number of anilines is 3. The van der Waals surface area contributed by atoms with Crippen LogP contribution in [-0.4, -0.2) is 76.4 Å². The molecule has 0 atom stereocenters. The molecule has 4 heterocycles. The lowest BCUT2D eigenvalue weighted by Gasteiger charge is -2.29. The molecule has 4 rings (SSSR count). The average Bonchev–Trinajstić information content (AvgIpc) is 3.23. The molecular formula is C24H33N9O. The van der Waals surface area contributed by atoms with Crippen LogP contribution in [0.25, 0.3) is 11.0 Å². The largest absolute Gasteiger partial charge is 0.368 e. The average molecular weight is 464 g/mol. The molecule has 3 N–H and O–H groups in total. The summed E-state index contributed by atoms with van der Waals surface area (Å²) in [5.41, 5.74) is 2.05. The van der Waals surface area contributed by atoms with Crippen molar-refractivity contribution >= 4 is 40.2 Å². The number of aromatic nitrogens is 4. The Hall–Kier alpha value is -3.53. The molecule has 3 aromatic heterocycles. The van der Waals surface area contributed by atoms with Crippen LogP contribution in [0.3, 0.4) is 0 Å². The zero-order chi connectivity index (χ0) is 24.1. The predicted octanol–water partition coefficient (Wildman–Crippen LogP) is 3.09. The molecule has 0 aliphatic carbocycles. The first-order valence-electron chi connectivity index (χ1n) is 11.8. The lowest BCUT2D eigenvalue weighted by atomic mass is 10.2. The van der Waals surface area contributed by atoms with E-state index in [1.807, 2.05) is 18.3 Å². The van der Waals surface area contributed by atoms with Gasteiger partial charge in [0.2, 0.25) is 5.95 Å². The fourth-order valence-electron chi connectivity index (χ4n) is 4.05. The van der Waals surface area contributed by atoms with Crippen LogP contribution in [0, 0.1) is 5.41 Å². The number of nitrogens with one attached hydrogen (secondary N) is 3. The van der Waals surface area contributed by atoms with E-state index in [-0.39, 0.29) is 5.91 Å². The molecule has 0 unspecified atom stereocenters. The van der Waals surface area contributed by atoms with Crippen molar-refractivity contribution in [3.05, 3.63) is 36.3 Å². The second kappa shape index (κ2) is 10.6. The Labute approximate surface area is 199 Å². The summed E-state index contributed by atoms with van der Waals surface area (Å²) in [4.78, 5) is 30.3. The summed E-state index contributed by atoms with van der Waals surface area (Å²) in [6.07, 6.45) is 7.11. The minimum Gasteiger partial charge on any atom is -0.368 e. The highest BCUT2D eigenvalue weighted by atomic mass is 16.2. The summed E-state index contributed by atoms with van der Waals surface area (Å²) in [7, 11) is 3.42. The number of hydrogen-bond acceptors (Lipinski definition) is 8. The third-order valence-corrected chi connectivity index (χ3v) is 5.92. The smallest absolute Gasteiger partial charge is 0.270 e. The van der Waals surface area contributed by atoms with Crippen LogP contribution in [-0.2, 0) is 0 Å². The molecule has 1 aliphatic heterocycles. The summed E-state index contributed by atoms with van der Waals surface area (Å²) < 4.78 is 1.65. The Morgan fingerprint density at radius 1 is 1.18 bits per heavy atom.